The predicted molar refractivity (Wildman–Crippen MR) is 114 cm³/mol. The van der Waals surface area contributed by atoms with Crippen LogP contribution in [0, 0.1) is 13.8 Å². The van der Waals surface area contributed by atoms with Crippen LogP contribution in [0.3, 0.4) is 0 Å². The minimum Gasteiger partial charge on any atom is -0.496 e. The molecule has 4 nitrogen and oxygen atoms in total. The van der Waals surface area contributed by atoms with Crippen LogP contribution in [0.1, 0.15) is 46.3 Å². The topological polar surface area (TPSA) is 38.8 Å². The fourth-order valence-electron chi connectivity index (χ4n) is 4.85. The van der Waals surface area contributed by atoms with E-state index in [4.69, 9.17) is 9.47 Å². The highest BCUT2D eigenvalue weighted by molar-refractivity contribution is 5.90. The smallest absolute Gasteiger partial charge is 0.343 e. The van der Waals surface area contributed by atoms with Crippen molar-refractivity contribution in [3.8, 4) is 5.75 Å². The third kappa shape index (κ3) is 3.58. The van der Waals surface area contributed by atoms with Gasteiger partial charge in [0.05, 0.1) is 12.7 Å². The quantitative estimate of drug-likeness (QED) is 0.703. The Bertz CT molecular complexity index is 947. The Morgan fingerprint density at radius 3 is 2.55 bits per heavy atom. The number of ether oxygens (including phenoxy) is 2. The number of carbonyl (C=O) groups is 1. The van der Waals surface area contributed by atoms with Gasteiger partial charge in [-0.05, 0) is 75.7 Å². The van der Waals surface area contributed by atoms with Gasteiger partial charge in [-0.15, -0.1) is 0 Å². The number of fused-ring (bicyclic) bond motifs is 1. The van der Waals surface area contributed by atoms with Crippen LogP contribution in [0.2, 0.25) is 0 Å². The average molecular weight is 392 g/mol. The highest BCUT2D eigenvalue weighted by Crippen LogP contribution is 2.48. The highest BCUT2D eigenvalue weighted by atomic mass is 16.5. The molecule has 2 atom stereocenters. The van der Waals surface area contributed by atoms with Crippen molar-refractivity contribution in [1.82, 2.24) is 4.90 Å². The molecule has 1 heterocycles. The molecular weight excluding hydrogens is 362 g/mol. The number of carbonyl (C=O) groups excluding carboxylic acids is 1. The monoisotopic (exact) mass is 391 g/mol. The molecule has 2 aromatic rings. The van der Waals surface area contributed by atoms with E-state index in [-0.39, 0.29) is 17.4 Å². The number of aryl methyl sites for hydroxylation is 2. The summed E-state index contributed by atoms with van der Waals surface area (Å²) in [7, 11) is 3.87. The van der Waals surface area contributed by atoms with Gasteiger partial charge in [-0.25, -0.2) is 4.79 Å². The number of esters is 1. The molecule has 4 heteroatoms. The lowest BCUT2D eigenvalue weighted by Gasteiger charge is -2.40. The number of hydrogen-bond donors (Lipinski definition) is 0. The van der Waals surface area contributed by atoms with Crippen LogP contribution >= 0.6 is 0 Å². The Labute approximate surface area is 173 Å². The first-order valence-electron chi connectivity index (χ1n) is 10.3. The summed E-state index contributed by atoms with van der Waals surface area (Å²) in [5, 5.41) is 0. The van der Waals surface area contributed by atoms with Gasteiger partial charge in [0.2, 0.25) is 0 Å². The van der Waals surface area contributed by atoms with E-state index in [2.05, 4.69) is 43.1 Å². The van der Waals surface area contributed by atoms with Crippen LogP contribution in [0.15, 0.2) is 54.3 Å². The maximum absolute atomic E-state index is 12.6. The highest BCUT2D eigenvalue weighted by Gasteiger charge is 2.48. The molecule has 1 aliphatic heterocycles. The van der Waals surface area contributed by atoms with Crippen molar-refractivity contribution in [2.45, 2.75) is 44.6 Å². The first kappa shape index (κ1) is 19.7. The molecular formula is C25H29NO3. The molecule has 152 valence electrons. The third-order valence-electron chi connectivity index (χ3n) is 6.59. The lowest BCUT2D eigenvalue weighted by Crippen LogP contribution is -2.42. The number of rotatable bonds is 4. The van der Waals surface area contributed by atoms with E-state index in [1.54, 1.807) is 7.11 Å². The van der Waals surface area contributed by atoms with Gasteiger partial charge >= 0.3 is 5.97 Å². The Balaban J connectivity index is 1.60. The van der Waals surface area contributed by atoms with Gasteiger partial charge in [0, 0.05) is 17.9 Å². The van der Waals surface area contributed by atoms with E-state index >= 15 is 0 Å². The number of benzene rings is 2. The summed E-state index contributed by atoms with van der Waals surface area (Å²) in [6.07, 6.45) is 5.02. The van der Waals surface area contributed by atoms with Crippen LogP contribution in [0.4, 0.5) is 0 Å². The minimum atomic E-state index is -0.273. The fraction of sp³-hybridized carbons (Fsp3) is 0.400. The molecule has 1 saturated heterocycles. The van der Waals surface area contributed by atoms with Crippen molar-refractivity contribution in [2.24, 2.45) is 0 Å². The van der Waals surface area contributed by atoms with E-state index in [0.29, 0.717) is 5.56 Å². The summed E-state index contributed by atoms with van der Waals surface area (Å²) in [5.74, 6) is 1.44. The van der Waals surface area contributed by atoms with Gasteiger partial charge in [-0.2, -0.15) is 0 Å². The van der Waals surface area contributed by atoms with Crippen LogP contribution < -0.4 is 4.74 Å². The zero-order chi connectivity index (χ0) is 20.6. The summed E-state index contributed by atoms with van der Waals surface area (Å²) in [6.45, 7) is 5.14. The zero-order valence-corrected chi connectivity index (χ0v) is 17.7. The second-order valence-electron chi connectivity index (χ2n) is 8.40. The Morgan fingerprint density at radius 1 is 1.10 bits per heavy atom. The molecule has 0 aromatic heterocycles. The summed E-state index contributed by atoms with van der Waals surface area (Å²) < 4.78 is 11.2. The summed E-state index contributed by atoms with van der Waals surface area (Å²) in [6, 6.07) is 14.3. The largest absolute Gasteiger partial charge is 0.496 e. The standard InChI is InChI=1S/C25H29NO3/c1-17-5-7-19(8-6-17)24(27)29-21-11-12-25(13-14-26(3)23(25)16-21)20-9-10-22(28-4)18(2)15-20/h5-10,15-16,23H,11-14H2,1-4H3. The summed E-state index contributed by atoms with van der Waals surface area (Å²) in [5.41, 5.74) is 4.30. The van der Waals surface area contributed by atoms with Crippen molar-refractivity contribution in [2.75, 3.05) is 20.7 Å². The van der Waals surface area contributed by atoms with Crippen molar-refractivity contribution < 1.29 is 14.3 Å². The summed E-state index contributed by atoms with van der Waals surface area (Å²) in [4.78, 5) is 14.9. The molecule has 1 aliphatic carbocycles. The molecule has 2 aromatic carbocycles. The summed E-state index contributed by atoms with van der Waals surface area (Å²) >= 11 is 0. The minimum absolute atomic E-state index is 0.0611. The van der Waals surface area contributed by atoms with Gasteiger partial charge in [0.1, 0.15) is 11.5 Å². The molecule has 0 amide bonds. The maximum Gasteiger partial charge on any atom is 0.343 e. The van der Waals surface area contributed by atoms with Crippen molar-refractivity contribution in [3.05, 3.63) is 76.6 Å². The number of likely N-dealkylation sites (tertiary alicyclic amines) is 1. The number of nitrogens with zero attached hydrogens (tertiary/aromatic N) is 1. The van der Waals surface area contributed by atoms with Crippen molar-refractivity contribution >= 4 is 5.97 Å². The molecule has 2 unspecified atom stereocenters. The van der Waals surface area contributed by atoms with Crippen molar-refractivity contribution in [3.63, 3.8) is 0 Å². The lowest BCUT2D eigenvalue weighted by atomic mass is 9.68. The first-order valence-corrected chi connectivity index (χ1v) is 10.3. The molecule has 0 radical (unpaired) electrons. The fourth-order valence-corrected chi connectivity index (χ4v) is 4.85. The van der Waals surface area contributed by atoms with E-state index in [1.807, 2.05) is 31.2 Å². The van der Waals surface area contributed by atoms with Crippen molar-refractivity contribution in [1.29, 1.82) is 0 Å². The number of methoxy groups -OCH3 is 1. The number of hydrogen-bond acceptors (Lipinski definition) is 4. The average Bonchev–Trinajstić information content (AvgIpc) is 3.06. The van der Waals surface area contributed by atoms with Gasteiger partial charge in [0.25, 0.3) is 0 Å². The van der Waals surface area contributed by atoms with Crippen LogP contribution in [0.5, 0.6) is 5.75 Å². The first-order chi connectivity index (χ1) is 13.9. The molecule has 2 aliphatic rings. The van der Waals surface area contributed by atoms with Crippen LogP contribution in [0.25, 0.3) is 0 Å². The Kier molecular flexibility index (Phi) is 5.22. The molecule has 0 saturated carbocycles. The predicted octanol–water partition coefficient (Wildman–Crippen LogP) is 4.79. The number of likely N-dealkylation sites (N-methyl/N-ethyl adjacent to an activating group) is 1. The lowest BCUT2D eigenvalue weighted by molar-refractivity contribution is 0.0593. The van der Waals surface area contributed by atoms with Gasteiger partial charge in [-0.3, -0.25) is 4.90 Å². The second-order valence-corrected chi connectivity index (χ2v) is 8.40. The molecule has 1 fully saturated rings. The van der Waals surface area contributed by atoms with Gasteiger partial charge in [0.15, 0.2) is 0 Å². The van der Waals surface area contributed by atoms with Crippen LogP contribution in [-0.2, 0) is 10.2 Å². The number of allylic oxidation sites excluding steroid dienone is 1. The molecule has 4 rings (SSSR count). The Hall–Kier alpha value is -2.59. The van der Waals surface area contributed by atoms with E-state index in [0.717, 1.165) is 48.4 Å². The van der Waals surface area contributed by atoms with E-state index in [9.17, 15) is 4.79 Å². The molecule has 0 N–H and O–H groups in total. The molecule has 0 spiro atoms. The van der Waals surface area contributed by atoms with E-state index in [1.165, 1.54) is 5.56 Å². The second kappa shape index (κ2) is 7.68. The third-order valence-corrected chi connectivity index (χ3v) is 6.59. The maximum atomic E-state index is 12.6. The van der Waals surface area contributed by atoms with Gasteiger partial charge < -0.3 is 9.47 Å². The SMILES string of the molecule is COc1ccc(C23CCC(OC(=O)c4ccc(C)cc4)=CC2N(C)CC3)cc1C. The van der Waals surface area contributed by atoms with Gasteiger partial charge in [-0.1, -0.05) is 29.8 Å². The molecule has 29 heavy (non-hydrogen) atoms. The van der Waals surface area contributed by atoms with E-state index < -0.39 is 0 Å². The molecule has 0 bridgehead atoms. The Morgan fingerprint density at radius 2 is 1.86 bits per heavy atom. The normalized spacial score (nSPS) is 24.0. The van der Waals surface area contributed by atoms with Crippen LogP contribution in [-0.4, -0.2) is 37.6 Å². The zero-order valence-electron chi connectivity index (χ0n) is 17.7.